The minimum atomic E-state index is -0.373. The van der Waals surface area contributed by atoms with Crippen LogP contribution in [0.1, 0.15) is 54.6 Å². The van der Waals surface area contributed by atoms with Crippen LogP contribution in [-0.2, 0) is 9.53 Å². The fourth-order valence-electron chi connectivity index (χ4n) is 3.86. The highest BCUT2D eigenvalue weighted by Gasteiger charge is 2.31. The van der Waals surface area contributed by atoms with Crippen LogP contribution in [0.3, 0.4) is 0 Å². The summed E-state index contributed by atoms with van der Waals surface area (Å²) in [5, 5.41) is 3.40. The van der Waals surface area contributed by atoms with E-state index in [2.05, 4.69) is 10.3 Å². The molecule has 1 aromatic rings. The number of rotatable bonds is 4. The van der Waals surface area contributed by atoms with Crippen LogP contribution in [0, 0.1) is 12.8 Å². The van der Waals surface area contributed by atoms with Crippen LogP contribution in [0.4, 0.5) is 5.82 Å². The number of ether oxygens (including phenoxy) is 1. The Bertz CT molecular complexity index is 641. The van der Waals surface area contributed by atoms with Crippen LogP contribution in [0.25, 0.3) is 0 Å². The molecule has 1 aromatic heterocycles. The predicted octanol–water partition coefficient (Wildman–Crippen LogP) is 2.77. The minimum Gasteiger partial charge on any atom is -0.465 e. The standard InChI is InChI=1S/C19H27N3O3/c1-13-16(19(24)25-2)8-9-17(20-13)21-15-10-11-22(12-15)18(23)14-6-4-3-5-7-14/h8-9,14-15H,3-7,10-12H2,1-2H3,(H,20,21). The summed E-state index contributed by atoms with van der Waals surface area (Å²) in [6.07, 6.45) is 6.65. The van der Waals surface area contributed by atoms with Crippen molar-refractivity contribution in [3.63, 3.8) is 0 Å². The molecule has 1 saturated heterocycles. The van der Waals surface area contributed by atoms with Crippen molar-refractivity contribution >= 4 is 17.7 Å². The predicted molar refractivity (Wildman–Crippen MR) is 95.5 cm³/mol. The SMILES string of the molecule is COC(=O)c1ccc(NC2CCN(C(=O)C3CCCCC3)C2)nc1C. The minimum absolute atomic E-state index is 0.211. The van der Waals surface area contributed by atoms with E-state index in [0.29, 0.717) is 17.2 Å². The highest BCUT2D eigenvalue weighted by Crippen LogP contribution is 2.27. The average Bonchev–Trinajstić information content (AvgIpc) is 3.10. The Balaban J connectivity index is 1.57. The average molecular weight is 345 g/mol. The summed E-state index contributed by atoms with van der Waals surface area (Å²) in [5.74, 6) is 0.921. The quantitative estimate of drug-likeness (QED) is 0.850. The number of esters is 1. The van der Waals surface area contributed by atoms with Crippen molar-refractivity contribution in [3.8, 4) is 0 Å². The van der Waals surface area contributed by atoms with Crippen LogP contribution in [0.2, 0.25) is 0 Å². The van der Waals surface area contributed by atoms with Crippen LogP contribution in [0.5, 0.6) is 0 Å². The van der Waals surface area contributed by atoms with Gasteiger partial charge in [0.15, 0.2) is 0 Å². The zero-order chi connectivity index (χ0) is 17.8. The van der Waals surface area contributed by atoms with Crippen molar-refractivity contribution in [1.82, 2.24) is 9.88 Å². The molecular formula is C19H27N3O3. The Labute approximate surface area is 148 Å². The highest BCUT2D eigenvalue weighted by molar-refractivity contribution is 5.90. The molecule has 0 aromatic carbocycles. The molecule has 2 fully saturated rings. The van der Waals surface area contributed by atoms with Crippen molar-refractivity contribution in [1.29, 1.82) is 0 Å². The molecule has 2 aliphatic rings. The fourth-order valence-corrected chi connectivity index (χ4v) is 3.86. The number of nitrogens with zero attached hydrogens (tertiary/aromatic N) is 2. The van der Waals surface area contributed by atoms with Gasteiger partial charge in [-0.1, -0.05) is 19.3 Å². The molecule has 1 amide bonds. The number of carbonyl (C=O) groups is 2. The first-order valence-corrected chi connectivity index (χ1v) is 9.19. The van der Waals surface area contributed by atoms with Gasteiger partial charge >= 0.3 is 5.97 Å². The summed E-state index contributed by atoms with van der Waals surface area (Å²) in [7, 11) is 1.37. The van der Waals surface area contributed by atoms with E-state index >= 15 is 0 Å². The molecule has 0 radical (unpaired) electrons. The first-order valence-electron chi connectivity index (χ1n) is 9.19. The van der Waals surface area contributed by atoms with Crippen molar-refractivity contribution in [3.05, 3.63) is 23.4 Å². The molecule has 1 aliphatic carbocycles. The molecule has 25 heavy (non-hydrogen) atoms. The van der Waals surface area contributed by atoms with Gasteiger partial charge in [0.25, 0.3) is 0 Å². The van der Waals surface area contributed by atoms with Gasteiger partial charge in [0.05, 0.1) is 18.4 Å². The van der Waals surface area contributed by atoms with E-state index in [1.54, 1.807) is 19.1 Å². The molecular weight excluding hydrogens is 318 g/mol. The summed E-state index contributed by atoms with van der Waals surface area (Å²) in [4.78, 5) is 30.7. The third-order valence-corrected chi connectivity index (χ3v) is 5.30. The number of methoxy groups -OCH3 is 1. The first kappa shape index (κ1) is 17.7. The van der Waals surface area contributed by atoms with E-state index in [1.165, 1.54) is 26.4 Å². The Hall–Kier alpha value is -2.11. The maximum absolute atomic E-state index is 12.6. The van der Waals surface area contributed by atoms with Gasteiger partial charge in [-0.05, 0) is 38.3 Å². The topological polar surface area (TPSA) is 71.5 Å². The van der Waals surface area contributed by atoms with E-state index in [1.807, 2.05) is 4.90 Å². The summed E-state index contributed by atoms with van der Waals surface area (Å²) < 4.78 is 4.74. The van der Waals surface area contributed by atoms with E-state index in [-0.39, 0.29) is 17.9 Å². The largest absolute Gasteiger partial charge is 0.465 e. The number of pyridine rings is 1. The second-order valence-corrected chi connectivity index (χ2v) is 7.07. The van der Waals surface area contributed by atoms with E-state index in [9.17, 15) is 9.59 Å². The van der Waals surface area contributed by atoms with Crippen molar-refractivity contribution < 1.29 is 14.3 Å². The maximum atomic E-state index is 12.6. The number of nitrogens with one attached hydrogen (secondary N) is 1. The number of likely N-dealkylation sites (tertiary alicyclic amines) is 1. The van der Waals surface area contributed by atoms with Crippen LogP contribution in [0.15, 0.2) is 12.1 Å². The maximum Gasteiger partial charge on any atom is 0.339 e. The molecule has 1 saturated carbocycles. The summed E-state index contributed by atoms with van der Waals surface area (Å²) >= 11 is 0. The Morgan fingerprint density at radius 2 is 1.96 bits per heavy atom. The number of carbonyl (C=O) groups excluding carboxylic acids is 2. The van der Waals surface area contributed by atoms with Gasteiger partial charge in [-0.25, -0.2) is 9.78 Å². The first-order chi connectivity index (χ1) is 12.1. The number of hydrogen-bond acceptors (Lipinski definition) is 5. The normalized spacial score (nSPS) is 21.2. The summed E-state index contributed by atoms with van der Waals surface area (Å²) in [6.45, 7) is 3.34. The molecule has 6 nitrogen and oxygen atoms in total. The Kier molecular flexibility index (Phi) is 5.56. The van der Waals surface area contributed by atoms with Gasteiger partial charge < -0.3 is 15.0 Å². The van der Waals surface area contributed by atoms with Crippen molar-refractivity contribution in [2.75, 3.05) is 25.5 Å². The number of hydrogen-bond donors (Lipinski definition) is 1. The smallest absolute Gasteiger partial charge is 0.339 e. The van der Waals surface area contributed by atoms with Crippen LogP contribution >= 0.6 is 0 Å². The third-order valence-electron chi connectivity index (χ3n) is 5.30. The second-order valence-electron chi connectivity index (χ2n) is 7.07. The molecule has 3 rings (SSSR count). The monoisotopic (exact) mass is 345 g/mol. The molecule has 2 heterocycles. The third kappa shape index (κ3) is 4.11. The molecule has 0 spiro atoms. The van der Waals surface area contributed by atoms with Crippen molar-refractivity contribution in [2.45, 2.75) is 51.5 Å². The molecule has 1 aliphatic heterocycles. The van der Waals surface area contributed by atoms with Crippen LogP contribution in [-0.4, -0.2) is 48.0 Å². The van der Waals surface area contributed by atoms with Gasteiger partial charge in [-0.2, -0.15) is 0 Å². The Morgan fingerprint density at radius 3 is 2.64 bits per heavy atom. The molecule has 6 heteroatoms. The van der Waals surface area contributed by atoms with Crippen LogP contribution < -0.4 is 5.32 Å². The van der Waals surface area contributed by atoms with E-state index < -0.39 is 0 Å². The second kappa shape index (κ2) is 7.85. The zero-order valence-electron chi connectivity index (χ0n) is 15.1. The van der Waals surface area contributed by atoms with E-state index in [0.717, 1.165) is 38.2 Å². The summed E-state index contributed by atoms with van der Waals surface area (Å²) in [5.41, 5.74) is 1.12. The van der Waals surface area contributed by atoms with Crippen molar-refractivity contribution in [2.24, 2.45) is 5.92 Å². The number of aryl methyl sites for hydroxylation is 1. The Morgan fingerprint density at radius 1 is 1.20 bits per heavy atom. The van der Waals surface area contributed by atoms with Gasteiger partial charge in [-0.15, -0.1) is 0 Å². The number of anilines is 1. The van der Waals surface area contributed by atoms with Gasteiger partial charge in [0.1, 0.15) is 5.82 Å². The van der Waals surface area contributed by atoms with Gasteiger partial charge in [0.2, 0.25) is 5.91 Å². The lowest BCUT2D eigenvalue weighted by Gasteiger charge is -2.26. The summed E-state index contributed by atoms with van der Waals surface area (Å²) in [6, 6.07) is 3.74. The molecule has 0 bridgehead atoms. The zero-order valence-corrected chi connectivity index (χ0v) is 15.1. The molecule has 1 unspecified atom stereocenters. The molecule has 1 N–H and O–H groups in total. The number of amides is 1. The lowest BCUT2D eigenvalue weighted by atomic mass is 9.88. The lowest BCUT2D eigenvalue weighted by Crippen LogP contribution is -2.36. The molecule has 1 atom stereocenters. The van der Waals surface area contributed by atoms with E-state index in [4.69, 9.17) is 4.74 Å². The highest BCUT2D eigenvalue weighted by atomic mass is 16.5. The fraction of sp³-hybridized carbons (Fsp3) is 0.632. The van der Waals surface area contributed by atoms with Gasteiger partial charge in [-0.3, -0.25) is 4.79 Å². The lowest BCUT2D eigenvalue weighted by molar-refractivity contribution is -0.135. The molecule has 136 valence electrons. The van der Waals surface area contributed by atoms with Gasteiger partial charge in [0, 0.05) is 25.0 Å². The number of aromatic nitrogens is 1.